The van der Waals surface area contributed by atoms with Crippen LogP contribution < -0.4 is 9.80 Å². The largest absolute Gasteiger partial charge is 0.376 e. The lowest BCUT2D eigenvalue weighted by molar-refractivity contribution is -0.130. The van der Waals surface area contributed by atoms with Crippen molar-refractivity contribution in [2.45, 2.75) is 6.42 Å². The molecule has 0 bridgehead atoms. The minimum absolute atomic E-state index is 0.0674. The second kappa shape index (κ2) is 7.63. The first-order valence-electron chi connectivity index (χ1n) is 8.41. The third-order valence-electron chi connectivity index (χ3n) is 4.46. The van der Waals surface area contributed by atoms with Crippen LogP contribution in [0, 0.1) is 11.6 Å². The third-order valence-corrected chi connectivity index (χ3v) is 4.46. The summed E-state index contributed by atoms with van der Waals surface area (Å²) in [6.07, 6.45) is 1.63. The number of benzene rings is 1. The fourth-order valence-electron chi connectivity index (χ4n) is 2.87. The Hall–Kier alpha value is -2.77. The van der Waals surface area contributed by atoms with Crippen molar-refractivity contribution in [1.82, 2.24) is 15.1 Å². The molecule has 0 atom stereocenters. The van der Waals surface area contributed by atoms with E-state index >= 15 is 0 Å². The van der Waals surface area contributed by atoms with Crippen LogP contribution >= 0.6 is 0 Å². The number of halogens is 2. The Balaban J connectivity index is 1.59. The molecule has 1 saturated heterocycles. The van der Waals surface area contributed by atoms with E-state index in [-0.39, 0.29) is 17.9 Å². The molecule has 0 spiro atoms. The number of aromatic nitrogens is 2. The number of hydrogen-bond acceptors (Lipinski definition) is 5. The van der Waals surface area contributed by atoms with E-state index in [9.17, 15) is 13.6 Å². The molecule has 1 aliphatic heterocycles. The number of carbonyl (C=O) groups is 1. The van der Waals surface area contributed by atoms with Gasteiger partial charge in [0.2, 0.25) is 5.91 Å². The molecule has 0 aliphatic carbocycles. The predicted octanol–water partition coefficient (Wildman–Crippen LogP) is 1.71. The standard InChI is InChI=1S/C18H21F2N5O/c1-23(2)15-11-17(22-21-12-15)24-5-7-25(8-6-24)18(26)9-13-3-4-14(19)10-16(13)20/h3-4,10-12H,5-9H2,1-2H3. The van der Waals surface area contributed by atoms with E-state index in [1.807, 2.05) is 25.1 Å². The summed E-state index contributed by atoms with van der Waals surface area (Å²) in [7, 11) is 3.87. The second-order valence-corrected chi connectivity index (χ2v) is 6.45. The van der Waals surface area contributed by atoms with Gasteiger partial charge in [-0.15, -0.1) is 5.10 Å². The van der Waals surface area contributed by atoms with E-state index in [1.54, 1.807) is 11.1 Å². The van der Waals surface area contributed by atoms with Crippen molar-refractivity contribution in [2.24, 2.45) is 0 Å². The Kier molecular flexibility index (Phi) is 5.29. The van der Waals surface area contributed by atoms with Crippen LogP contribution in [0.5, 0.6) is 0 Å². The molecule has 1 fully saturated rings. The number of hydrogen-bond donors (Lipinski definition) is 0. The Morgan fingerprint density at radius 1 is 1.15 bits per heavy atom. The molecule has 1 aromatic heterocycles. The molecular weight excluding hydrogens is 340 g/mol. The first kappa shape index (κ1) is 18.0. The normalized spacial score (nSPS) is 14.5. The summed E-state index contributed by atoms with van der Waals surface area (Å²) >= 11 is 0. The molecule has 8 heteroatoms. The van der Waals surface area contributed by atoms with Gasteiger partial charge in [-0.1, -0.05) is 6.07 Å². The van der Waals surface area contributed by atoms with Gasteiger partial charge in [0, 0.05) is 52.4 Å². The van der Waals surface area contributed by atoms with Crippen molar-refractivity contribution in [3.8, 4) is 0 Å². The molecule has 6 nitrogen and oxygen atoms in total. The number of piperazine rings is 1. The third kappa shape index (κ3) is 4.07. The molecule has 1 aromatic carbocycles. The monoisotopic (exact) mass is 361 g/mol. The van der Waals surface area contributed by atoms with Crippen LogP contribution in [0.2, 0.25) is 0 Å². The van der Waals surface area contributed by atoms with Crippen LogP contribution in [0.3, 0.4) is 0 Å². The van der Waals surface area contributed by atoms with E-state index < -0.39 is 11.6 Å². The predicted molar refractivity (Wildman–Crippen MR) is 95.2 cm³/mol. The lowest BCUT2D eigenvalue weighted by atomic mass is 10.1. The van der Waals surface area contributed by atoms with E-state index in [4.69, 9.17) is 0 Å². The molecule has 0 N–H and O–H groups in total. The Bertz CT molecular complexity index is 791. The van der Waals surface area contributed by atoms with E-state index in [2.05, 4.69) is 15.1 Å². The fraction of sp³-hybridized carbons (Fsp3) is 0.389. The Morgan fingerprint density at radius 3 is 2.54 bits per heavy atom. The van der Waals surface area contributed by atoms with Crippen LogP contribution in [0.15, 0.2) is 30.5 Å². The van der Waals surface area contributed by atoms with Crippen LogP contribution in [0.1, 0.15) is 5.56 Å². The summed E-state index contributed by atoms with van der Waals surface area (Å²) in [6.45, 7) is 2.30. The van der Waals surface area contributed by atoms with E-state index in [0.717, 1.165) is 17.6 Å². The zero-order chi connectivity index (χ0) is 18.7. The van der Waals surface area contributed by atoms with Gasteiger partial charge in [0.25, 0.3) is 0 Å². The average Bonchev–Trinajstić information content (AvgIpc) is 2.64. The Labute approximate surface area is 151 Å². The smallest absolute Gasteiger partial charge is 0.227 e. The van der Waals surface area contributed by atoms with Crippen LogP contribution in [0.25, 0.3) is 0 Å². The highest BCUT2D eigenvalue weighted by Crippen LogP contribution is 2.19. The van der Waals surface area contributed by atoms with Crippen molar-refractivity contribution < 1.29 is 13.6 Å². The van der Waals surface area contributed by atoms with Gasteiger partial charge in [-0.25, -0.2) is 8.78 Å². The molecule has 0 saturated carbocycles. The van der Waals surface area contributed by atoms with Gasteiger partial charge in [0.05, 0.1) is 18.3 Å². The van der Waals surface area contributed by atoms with Crippen molar-refractivity contribution in [1.29, 1.82) is 0 Å². The van der Waals surface area contributed by atoms with Gasteiger partial charge in [0.1, 0.15) is 11.6 Å². The van der Waals surface area contributed by atoms with Crippen LogP contribution in [-0.2, 0) is 11.2 Å². The number of amides is 1. The molecule has 138 valence electrons. The molecule has 1 aliphatic rings. The number of rotatable bonds is 4. The molecule has 3 rings (SSSR count). The molecule has 1 amide bonds. The highest BCUT2D eigenvalue weighted by molar-refractivity contribution is 5.79. The molecule has 0 radical (unpaired) electrons. The highest BCUT2D eigenvalue weighted by atomic mass is 19.1. The first-order chi connectivity index (χ1) is 12.4. The van der Waals surface area contributed by atoms with Gasteiger partial charge in [0.15, 0.2) is 5.82 Å². The molecule has 2 heterocycles. The van der Waals surface area contributed by atoms with Crippen LogP contribution in [0.4, 0.5) is 20.3 Å². The Morgan fingerprint density at radius 2 is 1.88 bits per heavy atom. The topological polar surface area (TPSA) is 52.6 Å². The molecular formula is C18H21F2N5O. The van der Waals surface area contributed by atoms with Crippen molar-refractivity contribution >= 4 is 17.4 Å². The van der Waals surface area contributed by atoms with Crippen molar-refractivity contribution in [2.75, 3.05) is 50.1 Å². The highest BCUT2D eigenvalue weighted by Gasteiger charge is 2.23. The lowest BCUT2D eigenvalue weighted by Gasteiger charge is -2.35. The zero-order valence-corrected chi connectivity index (χ0v) is 14.8. The molecule has 0 unspecified atom stereocenters. The average molecular weight is 361 g/mol. The molecule has 26 heavy (non-hydrogen) atoms. The number of carbonyl (C=O) groups excluding carboxylic acids is 1. The first-order valence-corrected chi connectivity index (χ1v) is 8.41. The van der Waals surface area contributed by atoms with Gasteiger partial charge in [-0.2, -0.15) is 5.10 Å². The second-order valence-electron chi connectivity index (χ2n) is 6.45. The summed E-state index contributed by atoms with van der Waals surface area (Å²) in [5.74, 6) is -0.725. The maximum atomic E-state index is 13.7. The summed E-state index contributed by atoms with van der Waals surface area (Å²) < 4.78 is 26.7. The maximum absolute atomic E-state index is 13.7. The number of nitrogens with zero attached hydrogens (tertiary/aromatic N) is 5. The van der Waals surface area contributed by atoms with Gasteiger partial charge >= 0.3 is 0 Å². The maximum Gasteiger partial charge on any atom is 0.227 e. The summed E-state index contributed by atoms with van der Waals surface area (Å²) in [4.78, 5) is 18.1. The van der Waals surface area contributed by atoms with Gasteiger partial charge in [-0.3, -0.25) is 4.79 Å². The lowest BCUT2D eigenvalue weighted by Crippen LogP contribution is -2.49. The van der Waals surface area contributed by atoms with E-state index in [0.29, 0.717) is 26.2 Å². The quantitative estimate of drug-likeness (QED) is 0.830. The SMILES string of the molecule is CN(C)c1cnnc(N2CCN(C(=O)Cc3ccc(F)cc3F)CC2)c1. The number of anilines is 2. The van der Waals surface area contributed by atoms with Gasteiger partial charge < -0.3 is 14.7 Å². The van der Waals surface area contributed by atoms with Crippen molar-refractivity contribution in [3.63, 3.8) is 0 Å². The summed E-state index contributed by atoms with van der Waals surface area (Å²) in [5.41, 5.74) is 1.17. The minimum Gasteiger partial charge on any atom is -0.376 e. The molecule has 2 aromatic rings. The summed E-state index contributed by atoms with van der Waals surface area (Å²) in [5, 5.41) is 8.19. The fourth-order valence-corrected chi connectivity index (χ4v) is 2.87. The van der Waals surface area contributed by atoms with Crippen molar-refractivity contribution in [3.05, 3.63) is 47.7 Å². The minimum atomic E-state index is -0.687. The summed E-state index contributed by atoms with van der Waals surface area (Å²) in [6, 6.07) is 5.25. The zero-order valence-electron chi connectivity index (χ0n) is 14.8. The van der Waals surface area contributed by atoms with E-state index in [1.165, 1.54) is 12.1 Å². The van der Waals surface area contributed by atoms with Crippen LogP contribution in [-0.4, -0.2) is 61.3 Å². The van der Waals surface area contributed by atoms with Gasteiger partial charge in [-0.05, 0) is 11.6 Å².